The number of benzene rings is 1. The van der Waals surface area contributed by atoms with Gasteiger partial charge in [0, 0.05) is 0 Å². The fraction of sp³-hybridized carbons (Fsp3) is 0.462. The van der Waals surface area contributed by atoms with Crippen molar-refractivity contribution in [3.63, 3.8) is 0 Å². The van der Waals surface area contributed by atoms with Crippen molar-refractivity contribution in [1.29, 1.82) is 0 Å². The first-order chi connectivity index (χ1) is 9.36. The van der Waals surface area contributed by atoms with Gasteiger partial charge in [-0.05, 0) is 43.5 Å². The molecule has 7 heteroatoms. The first-order valence-corrected chi connectivity index (χ1v) is 6.61. The molecule has 0 heterocycles. The molecule has 1 amide bonds. The van der Waals surface area contributed by atoms with Crippen LogP contribution in [0.4, 0.5) is 18.9 Å². The molecule has 0 spiro atoms. The Hall–Kier alpha value is -1.27. The van der Waals surface area contributed by atoms with Gasteiger partial charge in [0.15, 0.2) is 0 Å². The van der Waals surface area contributed by atoms with Crippen LogP contribution >= 0.6 is 11.6 Å². The fourth-order valence-electron chi connectivity index (χ4n) is 1.70. The Morgan fingerprint density at radius 1 is 1.35 bits per heavy atom. The van der Waals surface area contributed by atoms with Crippen molar-refractivity contribution in [2.75, 3.05) is 18.4 Å². The second kappa shape index (κ2) is 6.01. The van der Waals surface area contributed by atoms with Crippen LogP contribution < -0.4 is 10.6 Å². The van der Waals surface area contributed by atoms with Crippen LogP contribution in [0.15, 0.2) is 18.2 Å². The van der Waals surface area contributed by atoms with E-state index in [0.717, 1.165) is 24.7 Å². The molecule has 0 saturated heterocycles. The molecule has 1 aliphatic rings. The number of carbonyl (C=O) groups excluding carboxylic acids is 1. The highest BCUT2D eigenvalue weighted by molar-refractivity contribution is 6.33. The maximum atomic E-state index is 12.5. The van der Waals surface area contributed by atoms with E-state index >= 15 is 0 Å². The zero-order valence-corrected chi connectivity index (χ0v) is 11.3. The largest absolute Gasteiger partial charge is 0.416 e. The number of hydrogen-bond donors (Lipinski definition) is 2. The molecule has 0 radical (unpaired) electrons. The molecule has 1 fully saturated rings. The highest BCUT2D eigenvalue weighted by Crippen LogP contribution is 2.33. The van der Waals surface area contributed by atoms with Crippen LogP contribution in [0.5, 0.6) is 0 Å². The predicted molar refractivity (Wildman–Crippen MR) is 70.7 cm³/mol. The minimum Gasteiger partial charge on any atom is -0.324 e. The lowest BCUT2D eigenvalue weighted by Crippen LogP contribution is -2.29. The Labute approximate surface area is 119 Å². The van der Waals surface area contributed by atoms with Gasteiger partial charge in [-0.2, -0.15) is 13.2 Å². The van der Waals surface area contributed by atoms with Crippen LogP contribution in [-0.4, -0.2) is 19.0 Å². The van der Waals surface area contributed by atoms with E-state index in [2.05, 4.69) is 10.6 Å². The summed E-state index contributed by atoms with van der Waals surface area (Å²) < 4.78 is 37.4. The third-order valence-electron chi connectivity index (χ3n) is 2.99. The normalized spacial score (nSPS) is 15.2. The molecule has 1 aromatic carbocycles. The van der Waals surface area contributed by atoms with Gasteiger partial charge in [-0.1, -0.05) is 11.6 Å². The zero-order valence-electron chi connectivity index (χ0n) is 10.6. The van der Waals surface area contributed by atoms with E-state index in [1.54, 1.807) is 0 Å². The van der Waals surface area contributed by atoms with Gasteiger partial charge in [0.1, 0.15) is 0 Å². The minimum atomic E-state index is -4.45. The molecule has 110 valence electrons. The predicted octanol–water partition coefficient (Wildman–Crippen LogP) is 3.30. The number of nitrogens with one attached hydrogen (secondary N) is 2. The molecular weight excluding hydrogens is 293 g/mol. The average molecular weight is 307 g/mol. The van der Waals surface area contributed by atoms with Gasteiger partial charge in [0.2, 0.25) is 5.91 Å². The number of rotatable bonds is 5. The topological polar surface area (TPSA) is 41.1 Å². The van der Waals surface area contributed by atoms with E-state index in [1.807, 2.05) is 0 Å². The molecule has 1 aliphatic carbocycles. The van der Waals surface area contributed by atoms with Crippen molar-refractivity contribution >= 4 is 23.2 Å². The van der Waals surface area contributed by atoms with Gasteiger partial charge in [-0.3, -0.25) is 4.79 Å². The smallest absolute Gasteiger partial charge is 0.324 e. The maximum Gasteiger partial charge on any atom is 0.416 e. The lowest BCUT2D eigenvalue weighted by molar-refractivity contribution is -0.137. The summed E-state index contributed by atoms with van der Waals surface area (Å²) in [6.07, 6.45) is -2.09. The van der Waals surface area contributed by atoms with Gasteiger partial charge in [0.05, 0.1) is 22.8 Å². The average Bonchev–Trinajstić information content (AvgIpc) is 3.14. The fourth-order valence-corrected chi connectivity index (χ4v) is 1.93. The summed E-state index contributed by atoms with van der Waals surface area (Å²) in [5.74, 6) is 0.324. The number of anilines is 1. The van der Waals surface area contributed by atoms with Crippen LogP contribution in [0, 0.1) is 5.92 Å². The molecule has 2 N–H and O–H groups in total. The van der Waals surface area contributed by atoms with Crippen molar-refractivity contribution in [3.05, 3.63) is 28.8 Å². The van der Waals surface area contributed by atoms with Crippen LogP contribution in [-0.2, 0) is 11.0 Å². The highest BCUT2D eigenvalue weighted by atomic mass is 35.5. The quantitative estimate of drug-likeness (QED) is 0.876. The molecule has 0 aromatic heterocycles. The first kappa shape index (κ1) is 15.1. The lowest BCUT2D eigenvalue weighted by Gasteiger charge is -2.11. The molecule has 2 rings (SSSR count). The molecule has 1 saturated carbocycles. The van der Waals surface area contributed by atoms with Crippen molar-refractivity contribution in [2.24, 2.45) is 5.92 Å². The van der Waals surface area contributed by atoms with Crippen molar-refractivity contribution in [2.45, 2.75) is 19.0 Å². The molecule has 1 aromatic rings. The van der Waals surface area contributed by atoms with Gasteiger partial charge in [-0.15, -0.1) is 0 Å². The summed E-state index contributed by atoms with van der Waals surface area (Å²) in [7, 11) is 0. The Morgan fingerprint density at radius 2 is 2.05 bits per heavy atom. The van der Waals surface area contributed by atoms with Crippen LogP contribution in [0.3, 0.4) is 0 Å². The van der Waals surface area contributed by atoms with E-state index in [0.29, 0.717) is 5.92 Å². The SMILES string of the molecule is O=C(CNCC1CC1)Nc1ccc(C(F)(F)F)cc1Cl. The third-order valence-corrected chi connectivity index (χ3v) is 3.30. The minimum absolute atomic E-state index is 0.119. The van der Waals surface area contributed by atoms with Crippen LogP contribution in [0.2, 0.25) is 5.02 Å². The summed E-state index contributed by atoms with van der Waals surface area (Å²) in [6.45, 7) is 0.905. The second-order valence-corrected chi connectivity index (χ2v) is 5.22. The van der Waals surface area contributed by atoms with E-state index in [9.17, 15) is 18.0 Å². The molecule has 20 heavy (non-hydrogen) atoms. The molecular formula is C13H14ClF3N2O. The monoisotopic (exact) mass is 306 g/mol. The molecule has 3 nitrogen and oxygen atoms in total. The molecule has 0 atom stereocenters. The Bertz CT molecular complexity index is 501. The van der Waals surface area contributed by atoms with E-state index < -0.39 is 11.7 Å². The number of halogens is 4. The van der Waals surface area contributed by atoms with Gasteiger partial charge < -0.3 is 10.6 Å². The second-order valence-electron chi connectivity index (χ2n) is 4.81. The Kier molecular flexibility index (Phi) is 4.55. The van der Waals surface area contributed by atoms with Gasteiger partial charge in [-0.25, -0.2) is 0 Å². The van der Waals surface area contributed by atoms with Crippen molar-refractivity contribution in [3.8, 4) is 0 Å². The lowest BCUT2D eigenvalue weighted by atomic mass is 10.2. The standard InChI is InChI=1S/C13H14ClF3N2O/c14-10-5-9(13(15,16)17)3-4-11(10)19-12(20)7-18-6-8-1-2-8/h3-5,8,18H,1-2,6-7H2,(H,19,20). The molecule has 0 unspecified atom stereocenters. The third kappa shape index (κ3) is 4.38. The Morgan fingerprint density at radius 3 is 2.60 bits per heavy atom. The van der Waals surface area contributed by atoms with Gasteiger partial charge >= 0.3 is 6.18 Å². The molecule has 0 aliphatic heterocycles. The van der Waals surface area contributed by atoms with Crippen LogP contribution in [0.25, 0.3) is 0 Å². The molecule has 0 bridgehead atoms. The van der Waals surface area contributed by atoms with Gasteiger partial charge in [0.25, 0.3) is 0 Å². The summed E-state index contributed by atoms with van der Waals surface area (Å²) >= 11 is 5.74. The number of amides is 1. The summed E-state index contributed by atoms with van der Waals surface area (Å²) in [6, 6.07) is 2.85. The first-order valence-electron chi connectivity index (χ1n) is 6.23. The number of hydrogen-bond acceptors (Lipinski definition) is 2. The summed E-state index contributed by atoms with van der Waals surface area (Å²) in [4.78, 5) is 11.6. The zero-order chi connectivity index (χ0) is 14.8. The number of carbonyl (C=O) groups is 1. The van der Waals surface area contributed by atoms with Crippen molar-refractivity contribution in [1.82, 2.24) is 5.32 Å². The maximum absolute atomic E-state index is 12.5. The summed E-state index contributed by atoms with van der Waals surface area (Å²) in [5.41, 5.74) is -0.662. The Balaban J connectivity index is 1.89. The van der Waals surface area contributed by atoms with E-state index in [-0.39, 0.29) is 23.2 Å². The van der Waals surface area contributed by atoms with Crippen molar-refractivity contribution < 1.29 is 18.0 Å². The van der Waals surface area contributed by atoms with E-state index in [1.165, 1.54) is 12.8 Å². The van der Waals surface area contributed by atoms with Crippen LogP contribution in [0.1, 0.15) is 18.4 Å². The number of alkyl halides is 3. The highest BCUT2D eigenvalue weighted by Gasteiger charge is 2.31. The summed E-state index contributed by atoms with van der Waals surface area (Å²) in [5, 5.41) is 5.34. The van der Waals surface area contributed by atoms with E-state index in [4.69, 9.17) is 11.6 Å².